The number of carbonyl (C=O) groups excluding carboxylic acids is 2. The Bertz CT molecular complexity index is 960. The number of nitrogens with one attached hydrogen (secondary N) is 1. The van der Waals surface area contributed by atoms with Crippen molar-refractivity contribution in [1.82, 2.24) is 4.90 Å². The summed E-state index contributed by atoms with van der Waals surface area (Å²) in [5.41, 5.74) is -4.24. The first-order valence-electron chi connectivity index (χ1n) is 8.34. The number of alkyl halides is 3. The second-order valence-corrected chi connectivity index (χ2v) is 7.70. The highest BCUT2D eigenvalue weighted by molar-refractivity contribution is 7.99. The van der Waals surface area contributed by atoms with E-state index in [2.05, 4.69) is 0 Å². The zero-order valence-electron chi connectivity index (χ0n) is 16.0. The molecule has 0 spiro atoms. The van der Waals surface area contributed by atoms with Crippen molar-refractivity contribution < 1.29 is 36.6 Å². The van der Waals surface area contributed by atoms with Crippen molar-refractivity contribution in [3.05, 3.63) is 53.6 Å². The lowest BCUT2D eigenvalue weighted by atomic mass is 10.1. The number of halogens is 5. The minimum absolute atomic E-state index is 0.195. The lowest BCUT2D eigenvalue weighted by Crippen LogP contribution is -2.52. The van der Waals surface area contributed by atoms with Crippen LogP contribution in [0.25, 0.3) is 0 Å². The van der Waals surface area contributed by atoms with Crippen LogP contribution in [0, 0.1) is 11.6 Å². The van der Waals surface area contributed by atoms with Crippen LogP contribution in [-0.4, -0.2) is 47.7 Å². The second-order valence-electron chi connectivity index (χ2n) is 6.59. The van der Waals surface area contributed by atoms with E-state index in [1.165, 1.54) is 29.2 Å². The Morgan fingerprint density at radius 2 is 1.57 bits per heavy atom. The molecule has 0 saturated heterocycles. The third kappa shape index (κ3) is 4.90. The molecule has 0 aromatic heterocycles. The van der Waals surface area contributed by atoms with Gasteiger partial charge in [-0.1, -0.05) is 11.8 Å². The smallest absolute Gasteiger partial charge is 0.373 e. The predicted octanol–water partition coefficient (Wildman–Crippen LogP) is 4.07. The first kappa shape index (κ1) is 23.6. The Hall–Kier alpha value is -2.66. The highest BCUT2D eigenvalue weighted by atomic mass is 32.2. The average molecular weight is 448 g/mol. The van der Waals surface area contributed by atoms with Crippen molar-refractivity contribution in [1.29, 1.82) is 0 Å². The summed E-state index contributed by atoms with van der Waals surface area (Å²) in [6.07, 6.45) is -5.30. The fraction of sp³-hybridized carbons (Fsp3) is 0.263. The van der Waals surface area contributed by atoms with Crippen LogP contribution in [0.15, 0.2) is 46.2 Å². The number of hydrogen-bond donors (Lipinski definition) is 2. The fourth-order valence-electron chi connectivity index (χ4n) is 2.13. The SMILES string of the molecule is CN(C)C(=O)c1ccc(Sc2ccc(NC(=O)C(C)(O)C(F)(F)F)c(F)c2F)cc1. The lowest BCUT2D eigenvalue weighted by molar-refractivity contribution is -0.242. The molecular weight excluding hydrogens is 431 g/mol. The van der Waals surface area contributed by atoms with E-state index in [4.69, 9.17) is 0 Å². The van der Waals surface area contributed by atoms with Gasteiger partial charge in [0.25, 0.3) is 11.8 Å². The summed E-state index contributed by atoms with van der Waals surface area (Å²) >= 11 is 0.813. The summed E-state index contributed by atoms with van der Waals surface area (Å²) in [7, 11) is 3.16. The first-order chi connectivity index (χ1) is 13.8. The summed E-state index contributed by atoms with van der Waals surface area (Å²) in [6.45, 7) is 0.200. The predicted molar refractivity (Wildman–Crippen MR) is 100 cm³/mol. The van der Waals surface area contributed by atoms with Crippen molar-refractivity contribution in [2.24, 2.45) is 0 Å². The third-order valence-electron chi connectivity index (χ3n) is 4.02. The maximum atomic E-state index is 14.3. The number of carbonyl (C=O) groups is 2. The third-order valence-corrected chi connectivity index (χ3v) is 5.07. The second kappa shape index (κ2) is 8.60. The molecule has 0 aliphatic carbocycles. The van der Waals surface area contributed by atoms with Crippen LogP contribution >= 0.6 is 11.8 Å². The summed E-state index contributed by atoms with van der Waals surface area (Å²) in [5, 5.41) is 10.8. The maximum Gasteiger partial charge on any atom is 0.426 e. The van der Waals surface area contributed by atoms with Crippen LogP contribution in [-0.2, 0) is 4.79 Å². The fourth-order valence-corrected chi connectivity index (χ4v) is 2.97. The van der Waals surface area contributed by atoms with E-state index in [0.29, 0.717) is 10.5 Å². The molecule has 0 saturated carbocycles. The van der Waals surface area contributed by atoms with E-state index >= 15 is 0 Å². The molecule has 2 amide bonds. The van der Waals surface area contributed by atoms with Gasteiger partial charge in [0.2, 0.25) is 5.60 Å². The Morgan fingerprint density at radius 1 is 1.00 bits per heavy atom. The molecule has 0 heterocycles. The molecule has 5 nitrogen and oxygen atoms in total. The molecule has 0 radical (unpaired) electrons. The summed E-state index contributed by atoms with van der Waals surface area (Å²) in [4.78, 5) is 25.2. The molecule has 2 aromatic rings. The zero-order valence-corrected chi connectivity index (χ0v) is 16.8. The normalized spacial score (nSPS) is 13.5. The summed E-state index contributed by atoms with van der Waals surface area (Å²) in [6, 6.07) is 8.01. The molecule has 2 N–H and O–H groups in total. The number of anilines is 1. The van der Waals surface area contributed by atoms with Gasteiger partial charge in [-0.3, -0.25) is 9.59 Å². The van der Waals surface area contributed by atoms with E-state index in [0.717, 1.165) is 23.9 Å². The van der Waals surface area contributed by atoms with Gasteiger partial charge in [-0.2, -0.15) is 13.2 Å². The Morgan fingerprint density at radius 3 is 2.07 bits per heavy atom. The topological polar surface area (TPSA) is 69.6 Å². The lowest BCUT2D eigenvalue weighted by Gasteiger charge is -2.25. The van der Waals surface area contributed by atoms with Gasteiger partial charge in [0.15, 0.2) is 11.6 Å². The Balaban J connectivity index is 2.21. The van der Waals surface area contributed by atoms with Gasteiger partial charge in [-0.05, 0) is 43.3 Å². The number of aliphatic hydroxyl groups is 1. The van der Waals surface area contributed by atoms with Crippen LogP contribution in [0.1, 0.15) is 17.3 Å². The molecule has 0 bridgehead atoms. The average Bonchev–Trinajstić information content (AvgIpc) is 2.66. The minimum Gasteiger partial charge on any atom is -0.373 e. The van der Waals surface area contributed by atoms with E-state index in [1.54, 1.807) is 19.4 Å². The molecule has 162 valence electrons. The van der Waals surface area contributed by atoms with Crippen molar-refractivity contribution in [2.75, 3.05) is 19.4 Å². The van der Waals surface area contributed by atoms with Crippen LogP contribution in [0.2, 0.25) is 0 Å². The van der Waals surface area contributed by atoms with Gasteiger partial charge in [-0.15, -0.1) is 0 Å². The van der Waals surface area contributed by atoms with Crippen molar-refractivity contribution in [3.63, 3.8) is 0 Å². The summed E-state index contributed by atoms with van der Waals surface area (Å²) in [5.74, 6) is -5.16. The van der Waals surface area contributed by atoms with Gasteiger partial charge in [-0.25, -0.2) is 8.78 Å². The van der Waals surface area contributed by atoms with Crippen LogP contribution in [0.4, 0.5) is 27.6 Å². The largest absolute Gasteiger partial charge is 0.426 e. The quantitative estimate of drug-likeness (QED) is 0.677. The molecule has 0 aliphatic heterocycles. The molecule has 1 unspecified atom stereocenters. The molecule has 1 atom stereocenters. The van der Waals surface area contributed by atoms with E-state index in [9.17, 15) is 36.6 Å². The van der Waals surface area contributed by atoms with E-state index < -0.39 is 35.0 Å². The van der Waals surface area contributed by atoms with Gasteiger partial charge in [0, 0.05) is 24.6 Å². The minimum atomic E-state index is -5.30. The Labute approximate surface area is 172 Å². The van der Waals surface area contributed by atoms with Crippen LogP contribution < -0.4 is 5.32 Å². The number of benzene rings is 2. The zero-order chi connectivity index (χ0) is 22.9. The number of rotatable bonds is 5. The van der Waals surface area contributed by atoms with Crippen molar-refractivity contribution in [3.8, 4) is 0 Å². The molecule has 0 fully saturated rings. The molecule has 2 aromatic carbocycles. The van der Waals surface area contributed by atoms with Crippen molar-refractivity contribution >= 4 is 29.3 Å². The maximum absolute atomic E-state index is 14.3. The van der Waals surface area contributed by atoms with Gasteiger partial charge < -0.3 is 15.3 Å². The highest BCUT2D eigenvalue weighted by Gasteiger charge is 2.55. The Kier molecular flexibility index (Phi) is 6.77. The molecule has 11 heteroatoms. The summed E-state index contributed by atoms with van der Waals surface area (Å²) < 4.78 is 66.7. The van der Waals surface area contributed by atoms with Crippen molar-refractivity contribution in [2.45, 2.75) is 28.5 Å². The van der Waals surface area contributed by atoms with Crippen LogP contribution in [0.3, 0.4) is 0 Å². The van der Waals surface area contributed by atoms with E-state index in [-0.39, 0.29) is 17.7 Å². The number of amides is 2. The standard InChI is InChI=1S/C19H17F5N2O3S/c1-18(29,19(22,23)24)17(28)25-12-8-9-13(15(21)14(12)20)30-11-6-4-10(5-7-11)16(27)26(2)3/h4-9,29H,1-3H3,(H,25,28). The molecule has 0 aliphatic rings. The molecule has 30 heavy (non-hydrogen) atoms. The highest BCUT2D eigenvalue weighted by Crippen LogP contribution is 2.35. The van der Waals surface area contributed by atoms with Gasteiger partial charge >= 0.3 is 6.18 Å². The molecular formula is C19H17F5N2O3S. The number of nitrogens with zero attached hydrogens (tertiary/aromatic N) is 1. The van der Waals surface area contributed by atoms with E-state index in [1.807, 2.05) is 0 Å². The van der Waals surface area contributed by atoms with Gasteiger partial charge in [0.05, 0.1) is 10.6 Å². The van der Waals surface area contributed by atoms with Crippen LogP contribution in [0.5, 0.6) is 0 Å². The number of hydrogen-bond acceptors (Lipinski definition) is 4. The first-order valence-corrected chi connectivity index (χ1v) is 9.15. The van der Waals surface area contributed by atoms with Gasteiger partial charge in [0.1, 0.15) is 0 Å². The molecule has 2 rings (SSSR count). The monoisotopic (exact) mass is 448 g/mol.